The number of hydrogen-bond acceptors (Lipinski definition) is 3. The van der Waals surface area contributed by atoms with E-state index >= 15 is 0 Å². The van der Waals surface area contributed by atoms with Gasteiger partial charge in [-0.3, -0.25) is 4.90 Å². The number of carbonyl (C=O) groups excluding carboxylic acids is 1. The molecule has 0 aromatic rings. The fourth-order valence-electron chi connectivity index (χ4n) is 2.10. The van der Waals surface area contributed by atoms with Crippen LogP contribution in [0, 0.1) is 0 Å². The minimum Gasteiger partial charge on any atom is -0.546 e. The SMILES string of the molecule is C=C(O[Si](C)(C)C)[C@H]1CCCN1C(=O)OC(C)(C)C. The molecule has 0 bridgehead atoms. The largest absolute Gasteiger partial charge is 0.546 e. The van der Waals surface area contributed by atoms with E-state index in [1.807, 2.05) is 20.8 Å². The van der Waals surface area contributed by atoms with Crippen LogP contribution in [-0.4, -0.2) is 37.5 Å². The molecule has 110 valence electrons. The molecule has 0 aromatic carbocycles. The second-order valence-corrected chi connectivity index (χ2v) is 11.4. The third-order valence-corrected chi connectivity index (χ3v) is 3.56. The summed E-state index contributed by atoms with van der Waals surface area (Å²) in [6.07, 6.45) is 1.61. The lowest BCUT2D eigenvalue weighted by molar-refractivity contribution is 0.0226. The van der Waals surface area contributed by atoms with E-state index in [2.05, 4.69) is 26.2 Å². The summed E-state index contributed by atoms with van der Waals surface area (Å²) in [6, 6.07) is -0.0402. The molecule has 1 fully saturated rings. The van der Waals surface area contributed by atoms with Crippen LogP contribution in [0.4, 0.5) is 4.79 Å². The van der Waals surface area contributed by atoms with Crippen LogP contribution in [0.5, 0.6) is 0 Å². The van der Waals surface area contributed by atoms with Crippen molar-refractivity contribution < 1.29 is 14.0 Å². The minimum atomic E-state index is -1.68. The van der Waals surface area contributed by atoms with Crippen LogP contribution in [0.15, 0.2) is 12.3 Å². The second kappa shape index (κ2) is 5.57. The molecule has 0 aliphatic carbocycles. The smallest absolute Gasteiger partial charge is 0.410 e. The highest BCUT2D eigenvalue weighted by Crippen LogP contribution is 2.27. The van der Waals surface area contributed by atoms with E-state index < -0.39 is 13.9 Å². The molecule has 0 radical (unpaired) electrons. The molecule has 0 aromatic heterocycles. The Morgan fingerprint density at radius 2 is 1.89 bits per heavy atom. The fourth-order valence-corrected chi connectivity index (χ4v) is 3.02. The Hall–Kier alpha value is -0.973. The molecule has 1 rings (SSSR count). The van der Waals surface area contributed by atoms with Crippen molar-refractivity contribution in [1.29, 1.82) is 0 Å². The first-order chi connectivity index (χ1) is 8.49. The maximum atomic E-state index is 12.2. The van der Waals surface area contributed by atoms with Gasteiger partial charge in [-0.05, 0) is 53.3 Å². The van der Waals surface area contributed by atoms with Gasteiger partial charge >= 0.3 is 6.09 Å². The van der Waals surface area contributed by atoms with Gasteiger partial charge in [0.05, 0.1) is 11.8 Å². The summed E-state index contributed by atoms with van der Waals surface area (Å²) < 4.78 is 11.4. The van der Waals surface area contributed by atoms with E-state index in [1.54, 1.807) is 4.90 Å². The Morgan fingerprint density at radius 1 is 1.32 bits per heavy atom. The predicted molar refractivity (Wildman–Crippen MR) is 79.5 cm³/mol. The highest BCUT2D eigenvalue weighted by Gasteiger charge is 2.35. The second-order valence-electron chi connectivity index (χ2n) is 7.01. The van der Waals surface area contributed by atoms with Gasteiger partial charge in [-0.25, -0.2) is 4.79 Å². The Balaban J connectivity index is 2.69. The van der Waals surface area contributed by atoms with E-state index in [0.29, 0.717) is 12.3 Å². The highest BCUT2D eigenvalue weighted by atomic mass is 28.4. The van der Waals surface area contributed by atoms with Gasteiger partial charge in [-0.1, -0.05) is 6.58 Å². The van der Waals surface area contributed by atoms with E-state index in [1.165, 1.54) is 0 Å². The highest BCUT2D eigenvalue weighted by molar-refractivity contribution is 6.70. The van der Waals surface area contributed by atoms with Crippen LogP contribution in [0.1, 0.15) is 33.6 Å². The van der Waals surface area contributed by atoms with Crippen LogP contribution in [-0.2, 0) is 9.16 Å². The predicted octanol–water partition coefficient (Wildman–Crippen LogP) is 3.75. The van der Waals surface area contributed by atoms with Crippen molar-refractivity contribution in [1.82, 2.24) is 4.90 Å². The Kier molecular flexibility index (Phi) is 4.71. The molecule has 1 aliphatic heterocycles. The van der Waals surface area contributed by atoms with E-state index in [9.17, 15) is 4.79 Å². The summed E-state index contributed by atoms with van der Waals surface area (Å²) in [5.41, 5.74) is -0.467. The van der Waals surface area contributed by atoms with Gasteiger partial charge in [0, 0.05) is 6.54 Å². The van der Waals surface area contributed by atoms with Crippen LogP contribution in [0.2, 0.25) is 19.6 Å². The number of hydrogen-bond donors (Lipinski definition) is 0. The van der Waals surface area contributed by atoms with Gasteiger partial charge in [-0.15, -0.1) is 0 Å². The van der Waals surface area contributed by atoms with Crippen LogP contribution < -0.4 is 0 Å². The summed E-state index contributed by atoms with van der Waals surface area (Å²) in [6.45, 7) is 16.7. The molecular weight excluding hydrogens is 258 g/mol. The number of nitrogens with zero attached hydrogens (tertiary/aromatic N) is 1. The number of ether oxygens (including phenoxy) is 1. The molecule has 1 saturated heterocycles. The Morgan fingerprint density at radius 3 is 2.37 bits per heavy atom. The molecule has 0 saturated carbocycles. The quantitative estimate of drug-likeness (QED) is 0.585. The zero-order valence-corrected chi connectivity index (χ0v) is 14.1. The maximum Gasteiger partial charge on any atom is 0.410 e. The van der Waals surface area contributed by atoms with Crippen LogP contribution in [0.3, 0.4) is 0 Å². The van der Waals surface area contributed by atoms with E-state index in [4.69, 9.17) is 9.16 Å². The van der Waals surface area contributed by atoms with Crippen molar-refractivity contribution in [3.05, 3.63) is 12.3 Å². The molecule has 0 spiro atoms. The zero-order valence-electron chi connectivity index (χ0n) is 13.1. The van der Waals surface area contributed by atoms with Crippen molar-refractivity contribution in [2.75, 3.05) is 6.54 Å². The zero-order chi connectivity index (χ0) is 14.8. The number of likely N-dealkylation sites (tertiary alicyclic amines) is 1. The standard InChI is InChI=1S/C14H27NO3Si/c1-11(18-19(5,6)7)12-9-8-10-15(12)13(16)17-14(2,3)4/h12H,1,8-10H2,2-7H3/t12-/m1/s1. The molecule has 0 unspecified atom stereocenters. The molecule has 4 nitrogen and oxygen atoms in total. The minimum absolute atomic E-state index is 0.0402. The first-order valence-corrected chi connectivity index (χ1v) is 10.3. The van der Waals surface area contributed by atoms with Gasteiger partial charge in [0.1, 0.15) is 5.60 Å². The molecule has 1 heterocycles. The molecule has 1 atom stereocenters. The van der Waals surface area contributed by atoms with E-state index in [0.717, 1.165) is 12.8 Å². The van der Waals surface area contributed by atoms with Gasteiger partial charge in [-0.2, -0.15) is 0 Å². The third kappa shape index (κ3) is 5.26. The van der Waals surface area contributed by atoms with Crippen LogP contribution >= 0.6 is 0 Å². The summed E-state index contributed by atoms with van der Waals surface area (Å²) in [5.74, 6) is 0.711. The molecule has 0 N–H and O–H groups in total. The molecule has 5 heteroatoms. The van der Waals surface area contributed by atoms with Crippen molar-refractivity contribution >= 4 is 14.4 Å². The monoisotopic (exact) mass is 285 g/mol. The first kappa shape index (κ1) is 16.1. The average molecular weight is 285 g/mol. The lowest BCUT2D eigenvalue weighted by Crippen LogP contribution is -2.42. The third-order valence-electron chi connectivity index (χ3n) is 2.69. The lowest BCUT2D eigenvalue weighted by Gasteiger charge is -2.32. The summed E-state index contributed by atoms with van der Waals surface area (Å²) in [7, 11) is -1.68. The van der Waals surface area contributed by atoms with Crippen LogP contribution in [0.25, 0.3) is 0 Å². The van der Waals surface area contributed by atoms with Crippen molar-refractivity contribution in [3.63, 3.8) is 0 Å². The van der Waals surface area contributed by atoms with Crippen molar-refractivity contribution in [2.45, 2.75) is 64.9 Å². The summed E-state index contributed by atoms with van der Waals surface area (Å²) >= 11 is 0. The number of rotatable bonds is 3. The van der Waals surface area contributed by atoms with Crippen molar-refractivity contribution in [3.8, 4) is 0 Å². The van der Waals surface area contributed by atoms with Crippen molar-refractivity contribution in [2.24, 2.45) is 0 Å². The van der Waals surface area contributed by atoms with Gasteiger partial charge in [0.25, 0.3) is 0 Å². The lowest BCUT2D eigenvalue weighted by atomic mass is 10.2. The normalized spacial score (nSPS) is 20.3. The number of amides is 1. The van der Waals surface area contributed by atoms with E-state index in [-0.39, 0.29) is 12.1 Å². The van der Waals surface area contributed by atoms with Gasteiger partial charge in [0.2, 0.25) is 8.32 Å². The van der Waals surface area contributed by atoms with Gasteiger partial charge in [0.15, 0.2) is 0 Å². The molecule has 1 amide bonds. The van der Waals surface area contributed by atoms with Gasteiger partial charge < -0.3 is 9.16 Å². The molecule has 19 heavy (non-hydrogen) atoms. The number of carbonyl (C=O) groups is 1. The summed E-state index contributed by atoms with van der Waals surface area (Å²) in [4.78, 5) is 13.9. The first-order valence-electron chi connectivity index (χ1n) is 6.87. The summed E-state index contributed by atoms with van der Waals surface area (Å²) in [5, 5.41) is 0. The average Bonchev–Trinajstić information content (AvgIpc) is 2.59. The molecule has 1 aliphatic rings. The Labute approximate surface area is 117 Å². The fraction of sp³-hybridized carbons (Fsp3) is 0.786. The Bertz CT molecular complexity index is 321. The maximum absolute atomic E-state index is 12.2. The molecular formula is C14H27NO3Si. The topological polar surface area (TPSA) is 38.8 Å².